The minimum absolute atomic E-state index is 0.00289. The van der Waals surface area contributed by atoms with Crippen LogP contribution in [0.5, 0.6) is 0 Å². The maximum Gasteiger partial charge on any atom is 0.328 e. The highest BCUT2D eigenvalue weighted by Gasteiger charge is 2.21. The summed E-state index contributed by atoms with van der Waals surface area (Å²) >= 11 is 0. The first kappa shape index (κ1) is 16.9. The van der Waals surface area contributed by atoms with Crippen molar-refractivity contribution in [2.45, 2.75) is 32.7 Å². The number of carbonyl (C=O) groups excluding carboxylic acids is 1. The van der Waals surface area contributed by atoms with Crippen molar-refractivity contribution >= 4 is 18.0 Å². The molecule has 0 heterocycles. The number of nitrogens with zero attached hydrogens (tertiary/aromatic N) is 1. The van der Waals surface area contributed by atoms with Crippen molar-refractivity contribution in [2.75, 3.05) is 7.05 Å². The van der Waals surface area contributed by atoms with Gasteiger partial charge in [0.05, 0.1) is 5.56 Å². The molecular formula is C16H20FNO3. The van der Waals surface area contributed by atoms with E-state index in [9.17, 15) is 14.0 Å². The quantitative estimate of drug-likeness (QED) is 0.819. The normalized spacial score (nSPS) is 11.1. The van der Waals surface area contributed by atoms with Crippen LogP contribution in [0.25, 0.3) is 6.08 Å². The summed E-state index contributed by atoms with van der Waals surface area (Å²) in [6, 6.07) is 4.14. The average Bonchev–Trinajstić information content (AvgIpc) is 2.45. The lowest BCUT2D eigenvalue weighted by atomic mass is 10.1. The standard InChI is InChI=1S/C16H20FNO3/c1-4-12(5-2)18(3)16(21)13-8-6-11(10-14(13)17)7-9-15(19)20/h6-10,12H,4-5H2,1-3H3,(H,19,20). The smallest absolute Gasteiger partial charge is 0.328 e. The van der Waals surface area contributed by atoms with Crippen LogP contribution in [0.1, 0.15) is 42.6 Å². The highest BCUT2D eigenvalue weighted by atomic mass is 19.1. The zero-order valence-corrected chi connectivity index (χ0v) is 12.5. The first-order valence-electron chi connectivity index (χ1n) is 6.88. The second kappa shape index (κ2) is 7.57. The average molecular weight is 293 g/mol. The van der Waals surface area contributed by atoms with Crippen LogP contribution in [0.2, 0.25) is 0 Å². The Morgan fingerprint density at radius 1 is 1.33 bits per heavy atom. The van der Waals surface area contributed by atoms with E-state index in [1.807, 2.05) is 13.8 Å². The first-order valence-corrected chi connectivity index (χ1v) is 6.88. The summed E-state index contributed by atoms with van der Waals surface area (Å²) in [6.07, 6.45) is 3.82. The van der Waals surface area contributed by atoms with E-state index in [2.05, 4.69) is 0 Å². The maximum absolute atomic E-state index is 14.0. The lowest BCUT2D eigenvalue weighted by Gasteiger charge is -2.26. The van der Waals surface area contributed by atoms with Crippen LogP contribution in [0.3, 0.4) is 0 Å². The molecule has 1 aromatic rings. The summed E-state index contributed by atoms with van der Waals surface area (Å²) in [6.45, 7) is 3.96. The topological polar surface area (TPSA) is 57.6 Å². The van der Waals surface area contributed by atoms with Gasteiger partial charge >= 0.3 is 5.97 Å². The van der Waals surface area contributed by atoms with Gasteiger partial charge in [0.1, 0.15) is 5.82 Å². The SMILES string of the molecule is CCC(CC)N(C)C(=O)c1ccc(C=CC(=O)O)cc1F. The number of hydrogen-bond donors (Lipinski definition) is 1. The van der Waals surface area contributed by atoms with Gasteiger partial charge in [0.2, 0.25) is 0 Å². The fourth-order valence-corrected chi connectivity index (χ4v) is 2.17. The zero-order valence-electron chi connectivity index (χ0n) is 12.5. The van der Waals surface area contributed by atoms with E-state index in [0.717, 1.165) is 25.0 Å². The highest BCUT2D eigenvalue weighted by molar-refractivity contribution is 5.95. The summed E-state index contributed by atoms with van der Waals surface area (Å²) in [5.74, 6) is -2.12. The molecule has 114 valence electrons. The van der Waals surface area contributed by atoms with E-state index in [4.69, 9.17) is 5.11 Å². The zero-order chi connectivity index (χ0) is 16.0. The van der Waals surface area contributed by atoms with Gasteiger partial charge in [-0.3, -0.25) is 4.79 Å². The van der Waals surface area contributed by atoms with E-state index in [0.29, 0.717) is 5.56 Å². The number of aliphatic carboxylic acids is 1. The van der Waals surface area contributed by atoms with Crippen LogP contribution in [0.4, 0.5) is 4.39 Å². The highest BCUT2D eigenvalue weighted by Crippen LogP contribution is 2.16. The molecule has 0 aromatic heterocycles. The van der Waals surface area contributed by atoms with E-state index in [-0.39, 0.29) is 17.5 Å². The predicted octanol–water partition coefficient (Wildman–Crippen LogP) is 3.18. The fraction of sp³-hybridized carbons (Fsp3) is 0.375. The lowest BCUT2D eigenvalue weighted by Crippen LogP contribution is -2.36. The van der Waals surface area contributed by atoms with E-state index in [1.54, 1.807) is 11.9 Å². The summed E-state index contributed by atoms with van der Waals surface area (Å²) < 4.78 is 14.0. The van der Waals surface area contributed by atoms with E-state index >= 15 is 0 Å². The largest absolute Gasteiger partial charge is 0.478 e. The molecule has 4 nitrogen and oxygen atoms in total. The van der Waals surface area contributed by atoms with Gasteiger partial charge in [-0.15, -0.1) is 0 Å². The number of rotatable bonds is 6. The number of carboxylic acid groups (broad SMARTS) is 1. The Bertz CT molecular complexity index is 550. The molecule has 0 saturated carbocycles. The van der Waals surface area contributed by atoms with Gasteiger partial charge in [0.25, 0.3) is 5.91 Å². The molecule has 21 heavy (non-hydrogen) atoms. The van der Waals surface area contributed by atoms with Crippen LogP contribution < -0.4 is 0 Å². The van der Waals surface area contributed by atoms with Gasteiger partial charge < -0.3 is 10.0 Å². The number of halogens is 1. The van der Waals surface area contributed by atoms with Gasteiger partial charge in [-0.1, -0.05) is 19.9 Å². The van der Waals surface area contributed by atoms with Crippen molar-refractivity contribution in [3.63, 3.8) is 0 Å². The van der Waals surface area contributed by atoms with Gasteiger partial charge in [-0.25, -0.2) is 9.18 Å². The van der Waals surface area contributed by atoms with Crippen molar-refractivity contribution in [1.82, 2.24) is 4.90 Å². The summed E-state index contributed by atoms with van der Waals surface area (Å²) in [4.78, 5) is 24.2. The summed E-state index contributed by atoms with van der Waals surface area (Å²) in [5, 5.41) is 8.53. The Morgan fingerprint density at radius 3 is 2.43 bits per heavy atom. The molecule has 0 aliphatic rings. The molecule has 5 heteroatoms. The van der Waals surface area contributed by atoms with Gasteiger partial charge in [0, 0.05) is 19.2 Å². The molecule has 0 radical (unpaired) electrons. The Balaban J connectivity index is 2.99. The Hall–Kier alpha value is -2.17. The molecule has 0 atom stereocenters. The molecule has 1 aromatic carbocycles. The van der Waals surface area contributed by atoms with Gasteiger partial charge in [0.15, 0.2) is 0 Å². The molecule has 0 fully saturated rings. The molecule has 1 rings (SSSR count). The van der Waals surface area contributed by atoms with E-state index < -0.39 is 11.8 Å². The number of amides is 1. The van der Waals surface area contributed by atoms with Crippen LogP contribution in [0, 0.1) is 5.82 Å². The minimum atomic E-state index is -1.11. The third kappa shape index (κ3) is 4.41. The number of hydrogen-bond acceptors (Lipinski definition) is 2. The molecule has 1 N–H and O–H groups in total. The van der Waals surface area contributed by atoms with Crippen LogP contribution in [-0.2, 0) is 4.79 Å². The third-order valence-corrected chi connectivity index (χ3v) is 3.45. The third-order valence-electron chi connectivity index (χ3n) is 3.45. The molecular weight excluding hydrogens is 273 g/mol. The number of carboxylic acids is 1. The predicted molar refractivity (Wildman–Crippen MR) is 79.5 cm³/mol. The van der Waals surface area contributed by atoms with Crippen LogP contribution in [-0.4, -0.2) is 35.0 Å². The van der Waals surface area contributed by atoms with Crippen LogP contribution >= 0.6 is 0 Å². The number of benzene rings is 1. The summed E-state index contributed by atoms with van der Waals surface area (Å²) in [7, 11) is 1.66. The fourth-order valence-electron chi connectivity index (χ4n) is 2.17. The van der Waals surface area contributed by atoms with Crippen molar-refractivity contribution < 1.29 is 19.1 Å². The van der Waals surface area contributed by atoms with E-state index in [1.165, 1.54) is 18.2 Å². The lowest BCUT2D eigenvalue weighted by molar-refractivity contribution is -0.131. The molecule has 0 saturated heterocycles. The second-order valence-electron chi connectivity index (χ2n) is 4.80. The molecule has 0 aliphatic carbocycles. The van der Waals surface area contributed by atoms with Gasteiger partial charge in [-0.05, 0) is 36.6 Å². The minimum Gasteiger partial charge on any atom is -0.478 e. The maximum atomic E-state index is 14.0. The van der Waals surface area contributed by atoms with Crippen LogP contribution in [0.15, 0.2) is 24.3 Å². The summed E-state index contributed by atoms with van der Waals surface area (Å²) in [5.41, 5.74) is 0.397. The van der Waals surface area contributed by atoms with Crippen molar-refractivity contribution in [1.29, 1.82) is 0 Å². The number of carbonyl (C=O) groups is 2. The van der Waals surface area contributed by atoms with Gasteiger partial charge in [-0.2, -0.15) is 0 Å². The van der Waals surface area contributed by atoms with Crippen molar-refractivity contribution in [2.24, 2.45) is 0 Å². The molecule has 0 bridgehead atoms. The molecule has 1 amide bonds. The Labute approximate surface area is 123 Å². The Morgan fingerprint density at radius 2 is 1.95 bits per heavy atom. The second-order valence-corrected chi connectivity index (χ2v) is 4.80. The Kier molecular flexibility index (Phi) is 6.09. The molecule has 0 aliphatic heterocycles. The first-order chi connectivity index (χ1) is 9.90. The van der Waals surface area contributed by atoms with Crippen molar-refractivity contribution in [3.8, 4) is 0 Å². The molecule has 0 unspecified atom stereocenters. The van der Waals surface area contributed by atoms with Crippen molar-refractivity contribution in [3.05, 3.63) is 41.2 Å². The molecule has 0 spiro atoms. The monoisotopic (exact) mass is 293 g/mol.